The number of halogens is 1. The molecule has 1 aliphatic carbocycles. The second-order valence-corrected chi connectivity index (χ2v) is 9.42. The fourth-order valence-electron chi connectivity index (χ4n) is 5.79. The van der Waals surface area contributed by atoms with Crippen LogP contribution in [0.5, 0.6) is 11.5 Å². The molecule has 5 aromatic rings. The summed E-state index contributed by atoms with van der Waals surface area (Å²) in [4.78, 5) is 0. The Morgan fingerprint density at radius 3 is 1.83 bits per heavy atom. The van der Waals surface area contributed by atoms with E-state index in [-0.39, 0.29) is 0 Å². The van der Waals surface area contributed by atoms with Gasteiger partial charge in [0.25, 0.3) is 0 Å². The van der Waals surface area contributed by atoms with Crippen LogP contribution in [0.15, 0.2) is 109 Å². The summed E-state index contributed by atoms with van der Waals surface area (Å²) in [5.74, 6) is 1.71. The number of hydrogen-bond acceptors (Lipinski definition) is 2. The van der Waals surface area contributed by atoms with E-state index in [1.165, 1.54) is 22.3 Å². The molecular weight excluding hydrogens is 450 g/mol. The standard InChI is InChI=1S/C32H18ClNO/c33-23-14-16-25-24-15-13-22(21-11-9-20(19-34)10-12-21)17-28(24)32(29(25)18-23)26-5-1-3-7-30(26)35-31-8-4-2-6-27(31)32/h1-18H. The summed E-state index contributed by atoms with van der Waals surface area (Å²) in [6.45, 7) is 0. The fourth-order valence-corrected chi connectivity index (χ4v) is 5.96. The van der Waals surface area contributed by atoms with E-state index in [9.17, 15) is 5.26 Å². The molecule has 1 heterocycles. The minimum atomic E-state index is -0.552. The highest BCUT2D eigenvalue weighted by Crippen LogP contribution is 2.62. The Morgan fingerprint density at radius 1 is 0.600 bits per heavy atom. The van der Waals surface area contributed by atoms with Gasteiger partial charge in [-0.15, -0.1) is 0 Å². The molecule has 0 N–H and O–H groups in total. The topological polar surface area (TPSA) is 33.0 Å². The van der Waals surface area contributed by atoms with Crippen LogP contribution in [0.2, 0.25) is 5.02 Å². The summed E-state index contributed by atoms with van der Waals surface area (Å²) in [6, 6.07) is 39.4. The summed E-state index contributed by atoms with van der Waals surface area (Å²) in [7, 11) is 0. The van der Waals surface area contributed by atoms with Crippen LogP contribution in [0.1, 0.15) is 27.8 Å². The zero-order chi connectivity index (χ0) is 23.6. The van der Waals surface area contributed by atoms with Gasteiger partial charge >= 0.3 is 0 Å². The summed E-state index contributed by atoms with van der Waals surface area (Å²) >= 11 is 6.62. The molecule has 0 radical (unpaired) electrons. The molecule has 0 aromatic heterocycles. The molecule has 0 bridgehead atoms. The van der Waals surface area contributed by atoms with Crippen LogP contribution in [0.25, 0.3) is 22.3 Å². The second kappa shape index (κ2) is 7.34. The lowest BCUT2D eigenvalue weighted by Crippen LogP contribution is -2.32. The quantitative estimate of drug-likeness (QED) is 0.243. The maximum absolute atomic E-state index is 9.23. The lowest BCUT2D eigenvalue weighted by Gasteiger charge is -2.39. The van der Waals surface area contributed by atoms with Gasteiger partial charge in [-0.25, -0.2) is 0 Å². The molecule has 0 amide bonds. The molecule has 2 nitrogen and oxygen atoms in total. The number of ether oxygens (including phenoxy) is 1. The Morgan fingerprint density at radius 2 is 1.17 bits per heavy atom. The molecule has 5 aromatic carbocycles. The van der Waals surface area contributed by atoms with Crippen LogP contribution in [0.3, 0.4) is 0 Å². The smallest absolute Gasteiger partial charge is 0.132 e. The zero-order valence-electron chi connectivity index (χ0n) is 18.6. The van der Waals surface area contributed by atoms with Gasteiger partial charge in [-0.2, -0.15) is 5.26 Å². The molecule has 3 heteroatoms. The SMILES string of the molecule is N#Cc1ccc(-c2ccc3c(c2)C2(c4ccccc4Oc4ccccc42)c2cc(Cl)ccc2-3)cc1. The predicted molar refractivity (Wildman–Crippen MR) is 139 cm³/mol. The molecule has 0 fully saturated rings. The van der Waals surface area contributed by atoms with E-state index in [1.807, 2.05) is 54.6 Å². The maximum Gasteiger partial charge on any atom is 0.132 e. The number of nitrogens with zero attached hydrogens (tertiary/aromatic N) is 1. The molecule has 2 aliphatic rings. The molecule has 164 valence electrons. The highest BCUT2D eigenvalue weighted by atomic mass is 35.5. The first-order chi connectivity index (χ1) is 17.2. The van der Waals surface area contributed by atoms with E-state index < -0.39 is 5.41 Å². The Balaban J connectivity index is 1.60. The maximum atomic E-state index is 9.23. The van der Waals surface area contributed by atoms with E-state index >= 15 is 0 Å². The van der Waals surface area contributed by atoms with Crippen LogP contribution >= 0.6 is 11.6 Å². The monoisotopic (exact) mass is 467 g/mol. The van der Waals surface area contributed by atoms with E-state index in [0.717, 1.165) is 33.8 Å². The van der Waals surface area contributed by atoms with Crippen molar-refractivity contribution in [3.63, 3.8) is 0 Å². The molecule has 7 rings (SSSR count). The van der Waals surface area contributed by atoms with E-state index in [4.69, 9.17) is 16.3 Å². The van der Waals surface area contributed by atoms with Gasteiger partial charge in [-0.3, -0.25) is 0 Å². The Hall–Kier alpha value is -4.32. The number of rotatable bonds is 1. The number of hydrogen-bond donors (Lipinski definition) is 0. The number of nitriles is 1. The molecule has 1 aliphatic heterocycles. The first-order valence-electron chi connectivity index (χ1n) is 11.5. The van der Waals surface area contributed by atoms with Gasteiger partial charge in [0, 0.05) is 16.1 Å². The number of para-hydroxylation sites is 2. The third kappa shape index (κ3) is 2.71. The Labute approximate surface area is 208 Å². The molecule has 0 saturated heterocycles. The Kier molecular flexibility index (Phi) is 4.21. The summed E-state index contributed by atoms with van der Waals surface area (Å²) in [5, 5.41) is 9.94. The molecule has 0 atom stereocenters. The van der Waals surface area contributed by atoms with Gasteiger partial charge in [-0.05, 0) is 75.8 Å². The lowest BCUT2D eigenvalue weighted by molar-refractivity contribution is 0.436. The molecule has 1 spiro atoms. The van der Waals surface area contributed by atoms with Crippen molar-refractivity contribution in [2.75, 3.05) is 0 Å². The van der Waals surface area contributed by atoms with Crippen molar-refractivity contribution < 1.29 is 4.74 Å². The van der Waals surface area contributed by atoms with Crippen LogP contribution in [-0.4, -0.2) is 0 Å². The van der Waals surface area contributed by atoms with E-state index in [1.54, 1.807) is 0 Å². The van der Waals surface area contributed by atoms with Crippen LogP contribution in [0.4, 0.5) is 0 Å². The highest BCUT2D eigenvalue weighted by Gasteiger charge is 2.51. The van der Waals surface area contributed by atoms with Crippen molar-refractivity contribution in [2.45, 2.75) is 5.41 Å². The summed E-state index contributed by atoms with van der Waals surface area (Å²) < 4.78 is 6.40. The third-order valence-electron chi connectivity index (χ3n) is 7.25. The number of benzene rings is 5. The summed E-state index contributed by atoms with van der Waals surface area (Å²) in [5.41, 5.74) is 9.25. The van der Waals surface area contributed by atoms with Crippen LogP contribution in [0, 0.1) is 11.3 Å². The number of fused-ring (bicyclic) bond motifs is 9. The van der Waals surface area contributed by atoms with Crippen LogP contribution in [-0.2, 0) is 5.41 Å². The minimum Gasteiger partial charge on any atom is -0.457 e. The van der Waals surface area contributed by atoms with Crippen molar-refractivity contribution in [2.24, 2.45) is 0 Å². The van der Waals surface area contributed by atoms with E-state index in [0.29, 0.717) is 10.6 Å². The van der Waals surface area contributed by atoms with Crippen molar-refractivity contribution in [3.8, 4) is 39.8 Å². The first kappa shape index (κ1) is 20.1. The lowest BCUT2D eigenvalue weighted by atomic mass is 9.66. The molecule has 0 saturated carbocycles. The zero-order valence-corrected chi connectivity index (χ0v) is 19.4. The normalized spacial score (nSPS) is 13.7. The van der Waals surface area contributed by atoms with Crippen molar-refractivity contribution in [3.05, 3.63) is 142 Å². The van der Waals surface area contributed by atoms with Gasteiger partial charge in [0.15, 0.2) is 0 Å². The average molecular weight is 468 g/mol. The van der Waals surface area contributed by atoms with E-state index in [2.05, 4.69) is 60.7 Å². The second-order valence-electron chi connectivity index (χ2n) is 8.98. The third-order valence-corrected chi connectivity index (χ3v) is 7.48. The van der Waals surface area contributed by atoms with Gasteiger partial charge in [-0.1, -0.05) is 78.3 Å². The minimum absolute atomic E-state index is 0.552. The van der Waals surface area contributed by atoms with Crippen LogP contribution < -0.4 is 4.74 Å². The highest BCUT2D eigenvalue weighted by molar-refractivity contribution is 6.30. The predicted octanol–water partition coefficient (Wildman–Crippen LogP) is 8.35. The average Bonchev–Trinajstić information content (AvgIpc) is 3.18. The first-order valence-corrected chi connectivity index (χ1v) is 11.9. The van der Waals surface area contributed by atoms with Gasteiger partial charge in [0.05, 0.1) is 17.0 Å². The molecule has 35 heavy (non-hydrogen) atoms. The summed E-state index contributed by atoms with van der Waals surface area (Å²) in [6.07, 6.45) is 0. The van der Waals surface area contributed by atoms with Crippen molar-refractivity contribution in [1.82, 2.24) is 0 Å². The largest absolute Gasteiger partial charge is 0.457 e. The van der Waals surface area contributed by atoms with Gasteiger partial charge in [0.1, 0.15) is 11.5 Å². The Bertz CT molecular complexity index is 1650. The van der Waals surface area contributed by atoms with Crippen molar-refractivity contribution >= 4 is 11.6 Å². The fraction of sp³-hybridized carbons (Fsp3) is 0.0312. The van der Waals surface area contributed by atoms with Crippen molar-refractivity contribution in [1.29, 1.82) is 5.26 Å². The molecular formula is C32H18ClNO. The van der Waals surface area contributed by atoms with Gasteiger partial charge < -0.3 is 4.74 Å². The molecule has 0 unspecified atom stereocenters. The van der Waals surface area contributed by atoms with Gasteiger partial charge in [0.2, 0.25) is 0 Å².